The van der Waals surface area contributed by atoms with Gasteiger partial charge in [-0.2, -0.15) is 10.4 Å². The maximum atomic E-state index is 13.3. The molecule has 44 heavy (non-hydrogen) atoms. The van der Waals surface area contributed by atoms with Crippen LogP contribution in [0.5, 0.6) is 0 Å². The van der Waals surface area contributed by atoms with Crippen LogP contribution in [0.15, 0.2) is 35.5 Å². The number of nitrogens with zero attached hydrogens (tertiary/aromatic N) is 5. The number of amides is 2. The van der Waals surface area contributed by atoms with Gasteiger partial charge in [0, 0.05) is 36.1 Å². The van der Waals surface area contributed by atoms with Crippen LogP contribution < -0.4 is 16.0 Å². The number of guanidine groups is 1. The van der Waals surface area contributed by atoms with E-state index in [9.17, 15) is 19.5 Å². The molecule has 0 radical (unpaired) electrons. The third-order valence-electron chi connectivity index (χ3n) is 8.00. The molecule has 2 aromatic carbocycles. The van der Waals surface area contributed by atoms with E-state index in [1.54, 1.807) is 35.5 Å². The highest BCUT2D eigenvalue weighted by Gasteiger charge is 2.32. The van der Waals surface area contributed by atoms with Crippen LogP contribution in [0.2, 0.25) is 10.0 Å². The molecular weight excluding hydrogens is 609 g/mol. The first-order valence-electron chi connectivity index (χ1n) is 13.9. The average molecular weight is 641 g/mol. The molecule has 5 rings (SSSR count). The molecule has 2 heterocycles. The summed E-state index contributed by atoms with van der Waals surface area (Å²) in [6, 6.07) is 5.98. The third-order valence-corrected chi connectivity index (χ3v) is 8.72. The van der Waals surface area contributed by atoms with Crippen molar-refractivity contribution in [1.82, 2.24) is 35.9 Å². The van der Waals surface area contributed by atoms with Gasteiger partial charge in [0.25, 0.3) is 11.8 Å². The molecule has 0 bridgehead atoms. The fraction of sp³-hybridized carbons (Fsp3) is 0.379. The van der Waals surface area contributed by atoms with E-state index in [1.165, 1.54) is 0 Å². The topological polar surface area (TPSA) is 179 Å². The summed E-state index contributed by atoms with van der Waals surface area (Å²) in [6.45, 7) is 0.254. The lowest BCUT2D eigenvalue weighted by Crippen LogP contribution is -2.54. The van der Waals surface area contributed by atoms with Crippen molar-refractivity contribution < 1.29 is 19.5 Å². The second-order valence-corrected chi connectivity index (χ2v) is 11.8. The molecule has 230 valence electrons. The Morgan fingerprint density at radius 1 is 1.27 bits per heavy atom. The molecule has 13 nitrogen and oxygen atoms in total. The first-order valence-corrected chi connectivity index (χ1v) is 14.7. The average Bonchev–Trinajstić information content (AvgIpc) is 3.43. The number of aliphatic imine (C=N–C) groups is 1. The number of aliphatic carboxylic acids is 1. The normalized spacial score (nSPS) is 18.6. The fourth-order valence-electron chi connectivity index (χ4n) is 5.38. The zero-order valence-electron chi connectivity index (χ0n) is 24.0. The molecule has 1 fully saturated rings. The maximum absolute atomic E-state index is 13.3. The molecule has 0 saturated heterocycles. The fourth-order valence-corrected chi connectivity index (χ4v) is 6.14. The molecule has 15 heteroatoms. The summed E-state index contributed by atoms with van der Waals surface area (Å²) in [5, 5.41) is 34.8. The molecule has 1 aliphatic carbocycles. The molecule has 1 saturated carbocycles. The highest BCUT2D eigenvalue weighted by molar-refractivity contribution is 6.40. The van der Waals surface area contributed by atoms with Crippen LogP contribution in [0.4, 0.5) is 0 Å². The SMILES string of the molecule is CN(C)C1CC(NC(=NC[C@H](NC(=O)c2c(Cl)cc3c(c2Cl)CCN(C(=O)c2ccc4cn[nH]c4c2)C3)C(=O)O)NC#N)C1. The number of hydrogen-bond donors (Lipinski definition) is 5. The molecule has 3 aromatic rings. The number of H-pyrrole nitrogens is 1. The Morgan fingerprint density at radius 2 is 2.05 bits per heavy atom. The third kappa shape index (κ3) is 6.57. The number of carbonyl (C=O) groups is 3. The lowest BCUT2D eigenvalue weighted by Gasteiger charge is -2.40. The van der Waals surface area contributed by atoms with E-state index in [0.29, 0.717) is 35.7 Å². The summed E-state index contributed by atoms with van der Waals surface area (Å²) >= 11 is 13.2. The molecule has 2 aliphatic rings. The van der Waals surface area contributed by atoms with E-state index in [1.807, 2.05) is 20.2 Å². The van der Waals surface area contributed by atoms with Crippen molar-refractivity contribution in [3.63, 3.8) is 0 Å². The van der Waals surface area contributed by atoms with E-state index in [2.05, 4.69) is 36.0 Å². The van der Waals surface area contributed by atoms with Gasteiger partial charge in [-0.1, -0.05) is 29.3 Å². The number of aromatic nitrogens is 2. The number of carbonyl (C=O) groups excluding carboxylic acids is 2. The Labute approximate surface area is 263 Å². The van der Waals surface area contributed by atoms with Gasteiger partial charge in [-0.05, 0) is 62.7 Å². The van der Waals surface area contributed by atoms with Crippen molar-refractivity contribution in [1.29, 1.82) is 5.26 Å². The largest absolute Gasteiger partial charge is 0.480 e. The highest BCUT2D eigenvalue weighted by Crippen LogP contribution is 2.35. The molecule has 1 aromatic heterocycles. The van der Waals surface area contributed by atoms with Gasteiger partial charge < -0.3 is 25.5 Å². The molecule has 1 aliphatic heterocycles. The van der Waals surface area contributed by atoms with Crippen LogP contribution in [-0.2, 0) is 17.8 Å². The zero-order valence-corrected chi connectivity index (χ0v) is 25.5. The molecule has 1 atom stereocenters. The van der Waals surface area contributed by atoms with Crippen LogP contribution in [0, 0.1) is 11.5 Å². The Kier molecular flexibility index (Phi) is 9.24. The Balaban J connectivity index is 1.27. The minimum absolute atomic E-state index is 0.0287. The molecule has 0 spiro atoms. The standard InChI is InChI=1S/C29H31Cl2N9O4/c1-39(2)19-9-18(10-19)36-29(34-14-32)33-12-23(28(43)44)37-26(41)24-21(30)7-17-13-40(6-5-20(17)25(24)31)27(42)15-3-4-16-11-35-38-22(16)8-15/h3-4,7-8,11,18-19,23H,5-6,9-10,12-13H2,1-2H3,(H,35,38)(H,37,41)(H,43,44)(H2,33,34,36)/t18?,19?,23-/m0/s1. The highest BCUT2D eigenvalue weighted by atomic mass is 35.5. The number of carboxylic acid groups (broad SMARTS) is 1. The lowest BCUT2D eigenvalue weighted by molar-refractivity contribution is -0.138. The summed E-state index contributed by atoms with van der Waals surface area (Å²) < 4.78 is 0. The Morgan fingerprint density at radius 3 is 2.75 bits per heavy atom. The van der Waals surface area contributed by atoms with Gasteiger partial charge in [0.1, 0.15) is 6.04 Å². The Hall–Kier alpha value is -4.38. The van der Waals surface area contributed by atoms with Gasteiger partial charge in [-0.3, -0.25) is 20.0 Å². The molecule has 2 amide bonds. The first-order chi connectivity index (χ1) is 21.0. The van der Waals surface area contributed by atoms with Crippen molar-refractivity contribution in [3.8, 4) is 6.19 Å². The van der Waals surface area contributed by atoms with Crippen molar-refractivity contribution in [2.75, 3.05) is 27.2 Å². The van der Waals surface area contributed by atoms with Gasteiger partial charge in [-0.25, -0.2) is 9.79 Å². The van der Waals surface area contributed by atoms with E-state index in [-0.39, 0.29) is 46.6 Å². The monoisotopic (exact) mass is 639 g/mol. The Bertz CT molecular complexity index is 1680. The minimum atomic E-state index is -1.42. The van der Waals surface area contributed by atoms with Crippen LogP contribution in [0.25, 0.3) is 10.9 Å². The van der Waals surface area contributed by atoms with Crippen molar-refractivity contribution in [2.24, 2.45) is 4.99 Å². The van der Waals surface area contributed by atoms with Crippen molar-refractivity contribution >= 4 is 57.8 Å². The number of nitrogens with one attached hydrogen (secondary N) is 4. The minimum Gasteiger partial charge on any atom is -0.480 e. The van der Waals surface area contributed by atoms with Gasteiger partial charge in [-0.15, -0.1) is 0 Å². The van der Waals surface area contributed by atoms with Crippen molar-refractivity contribution in [2.45, 2.75) is 43.9 Å². The zero-order chi connectivity index (χ0) is 31.5. The predicted molar refractivity (Wildman–Crippen MR) is 165 cm³/mol. The van der Waals surface area contributed by atoms with Crippen LogP contribution >= 0.6 is 23.2 Å². The smallest absolute Gasteiger partial charge is 0.328 e. The summed E-state index contributed by atoms with van der Waals surface area (Å²) in [7, 11) is 3.98. The van der Waals surface area contributed by atoms with Gasteiger partial charge in [0.05, 0.1) is 33.9 Å². The quantitative estimate of drug-likeness (QED) is 0.107. The number of hydrogen-bond acceptors (Lipinski definition) is 7. The summed E-state index contributed by atoms with van der Waals surface area (Å²) in [5.41, 5.74) is 2.58. The summed E-state index contributed by atoms with van der Waals surface area (Å²) in [6.07, 6.45) is 5.55. The number of nitriles is 1. The number of carboxylic acids is 1. The first kappa shape index (κ1) is 31.1. The second kappa shape index (κ2) is 13.1. The molecule has 0 unspecified atom stereocenters. The van der Waals surface area contributed by atoms with E-state index in [4.69, 9.17) is 28.5 Å². The summed E-state index contributed by atoms with van der Waals surface area (Å²) in [4.78, 5) is 46.5. The predicted octanol–water partition coefficient (Wildman–Crippen LogP) is 2.36. The molecule has 5 N–H and O–H groups in total. The van der Waals surface area contributed by atoms with Crippen LogP contribution in [0.3, 0.4) is 0 Å². The van der Waals surface area contributed by atoms with Crippen LogP contribution in [0.1, 0.15) is 44.7 Å². The number of aromatic amines is 1. The van der Waals surface area contributed by atoms with Gasteiger partial charge in [0.2, 0.25) is 5.96 Å². The second-order valence-electron chi connectivity index (χ2n) is 11.1. The van der Waals surface area contributed by atoms with E-state index in [0.717, 1.165) is 23.7 Å². The van der Waals surface area contributed by atoms with Gasteiger partial charge >= 0.3 is 5.97 Å². The number of fused-ring (bicyclic) bond motifs is 2. The van der Waals surface area contributed by atoms with E-state index >= 15 is 0 Å². The lowest BCUT2D eigenvalue weighted by atomic mass is 9.86. The van der Waals surface area contributed by atoms with Crippen LogP contribution in [-0.4, -0.2) is 94.2 Å². The number of rotatable bonds is 8. The van der Waals surface area contributed by atoms with Crippen molar-refractivity contribution in [3.05, 3.63) is 62.8 Å². The maximum Gasteiger partial charge on any atom is 0.328 e. The number of benzene rings is 2. The number of halogens is 2. The van der Waals surface area contributed by atoms with E-state index < -0.39 is 17.9 Å². The molecular formula is C29H31Cl2N9O4. The van der Waals surface area contributed by atoms with Gasteiger partial charge in [0.15, 0.2) is 6.19 Å². The summed E-state index contributed by atoms with van der Waals surface area (Å²) in [5.74, 6) is -2.13.